The Balaban J connectivity index is 1.54. The maximum atomic E-state index is 13.4. The first-order valence-corrected chi connectivity index (χ1v) is 12.4. The summed E-state index contributed by atoms with van der Waals surface area (Å²) in [5.41, 5.74) is 3.44. The Hall–Kier alpha value is -2.32. The summed E-state index contributed by atoms with van der Waals surface area (Å²) in [5.74, 6) is -0.107. The normalized spacial score (nSPS) is 20.5. The Morgan fingerprint density at radius 1 is 1.03 bits per heavy atom. The summed E-state index contributed by atoms with van der Waals surface area (Å²) in [4.78, 5) is 17.8. The molecule has 0 bridgehead atoms. The molecular weight excluding hydrogens is 412 g/mol. The Kier molecular flexibility index (Phi) is 5.87. The van der Waals surface area contributed by atoms with Gasteiger partial charge in [0.25, 0.3) is 5.91 Å². The van der Waals surface area contributed by atoms with Crippen LogP contribution in [-0.2, 0) is 17.1 Å². The van der Waals surface area contributed by atoms with Crippen molar-refractivity contribution in [1.82, 2.24) is 13.8 Å². The van der Waals surface area contributed by atoms with Gasteiger partial charge in [0.2, 0.25) is 10.0 Å². The number of hydrogen-bond acceptors (Lipinski definition) is 4. The number of amides is 1. The van der Waals surface area contributed by atoms with Gasteiger partial charge in [-0.1, -0.05) is 12.1 Å². The van der Waals surface area contributed by atoms with Crippen LogP contribution >= 0.6 is 0 Å². The molecule has 31 heavy (non-hydrogen) atoms. The van der Waals surface area contributed by atoms with Crippen LogP contribution < -0.4 is 4.90 Å². The molecule has 1 atom stereocenters. The molecule has 1 aromatic heterocycles. The molecule has 0 radical (unpaired) electrons. The van der Waals surface area contributed by atoms with Crippen LogP contribution in [0.1, 0.15) is 41.5 Å². The van der Waals surface area contributed by atoms with Crippen molar-refractivity contribution in [2.75, 3.05) is 37.6 Å². The SMILES string of the molecule is Cc1cccc(N2CCN(C(=O)c3cc(S(=O)(=O)N4CCCC4)c(C)n3C)C[C@H]2C)c1. The summed E-state index contributed by atoms with van der Waals surface area (Å²) in [6, 6.07) is 10.2. The smallest absolute Gasteiger partial charge is 0.270 e. The zero-order chi connectivity index (χ0) is 22.3. The minimum absolute atomic E-state index is 0.107. The maximum Gasteiger partial charge on any atom is 0.270 e. The average Bonchev–Trinajstić information content (AvgIpc) is 3.38. The maximum absolute atomic E-state index is 13.4. The minimum atomic E-state index is -3.56. The Morgan fingerprint density at radius 2 is 1.74 bits per heavy atom. The summed E-state index contributed by atoms with van der Waals surface area (Å²) in [5, 5.41) is 0. The molecular formula is C23H32N4O3S. The first kappa shape index (κ1) is 21.9. The van der Waals surface area contributed by atoms with E-state index in [9.17, 15) is 13.2 Å². The second-order valence-corrected chi connectivity index (χ2v) is 10.7. The highest BCUT2D eigenvalue weighted by molar-refractivity contribution is 7.89. The molecule has 1 aromatic carbocycles. The van der Waals surface area contributed by atoms with E-state index in [0.717, 1.165) is 19.4 Å². The second-order valence-electron chi connectivity index (χ2n) is 8.78. The van der Waals surface area contributed by atoms with Crippen LogP contribution in [0.3, 0.4) is 0 Å². The van der Waals surface area contributed by atoms with Gasteiger partial charge in [0.15, 0.2) is 0 Å². The van der Waals surface area contributed by atoms with E-state index in [4.69, 9.17) is 0 Å². The van der Waals surface area contributed by atoms with Crippen molar-refractivity contribution in [3.05, 3.63) is 47.3 Å². The van der Waals surface area contributed by atoms with Gasteiger partial charge in [-0.25, -0.2) is 8.42 Å². The largest absolute Gasteiger partial charge is 0.365 e. The van der Waals surface area contributed by atoms with Crippen LogP contribution in [0.15, 0.2) is 35.2 Å². The topological polar surface area (TPSA) is 65.9 Å². The van der Waals surface area contributed by atoms with Crippen molar-refractivity contribution in [1.29, 1.82) is 0 Å². The number of rotatable bonds is 4. The molecule has 2 saturated heterocycles. The molecule has 0 aliphatic carbocycles. The quantitative estimate of drug-likeness (QED) is 0.727. The van der Waals surface area contributed by atoms with Crippen LogP contribution in [0.2, 0.25) is 0 Å². The number of carbonyl (C=O) groups excluding carboxylic acids is 1. The van der Waals surface area contributed by atoms with E-state index in [0.29, 0.717) is 37.6 Å². The van der Waals surface area contributed by atoms with Gasteiger partial charge in [-0.15, -0.1) is 0 Å². The van der Waals surface area contributed by atoms with E-state index >= 15 is 0 Å². The number of carbonyl (C=O) groups is 1. The molecule has 2 aliphatic heterocycles. The van der Waals surface area contributed by atoms with Crippen molar-refractivity contribution in [2.24, 2.45) is 7.05 Å². The lowest BCUT2D eigenvalue weighted by molar-refractivity contribution is 0.0716. The number of nitrogens with zero attached hydrogens (tertiary/aromatic N) is 4. The number of piperazine rings is 1. The van der Waals surface area contributed by atoms with E-state index < -0.39 is 10.0 Å². The van der Waals surface area contributed by atoms with Gasteiger partial charge in [-0.2, -0.15) is 4.31 Å². The standard InChI is InChI=1S/C23H32N4O3S/c1-17-8-7-9-20(14-17)27-13-12-25(16-18(27)2)23(28)21-15-22(19(3)24(21)4)31(29,30)26-10-5-6-11-26/h7-9,14-15,18H,5-6,10-13,16H2,1-4H3/t18-/m1/s1. The molecule has 0 unspecified atom stereocenters. The highest BCUT2D eigenvalue weighted by atomic mass is 32.2. The monoisotopic (exact) mass is 444 g/mol. The average molecular weight is 445 g/mol. The van der Waals surface area contributed by atoms with Crippen LogP contribution in [0.25, 0.3) is 0 Å². The molecule has 0 saturated carbocycles. The number of aryl methyl sites for hydroxylation is 1. The highest BCUT2D eigenvalue weighted by Crippen LogP contribution is 2.28. The molecule has 2 aliphatic rings. The fraction of sp³-hybridized carbons (Fsp3) is 0.522. The zero-order valence-electron chi connectivity index (χ0n) is 18.8. The number of benzene rings is 1. The number of hydrogen-bond donors (Lipinski definition) is 0. The molecule has 1 amide bonds. The highest BCUT2D eigenvalue weighted by Gasteiger charge is 2.34. The van der Waals surface area contributed by atoms with Gasteiger partial charge in [0.05, 0.1) is 0 Å². The van der Waals surface area contributed by atoms with Gasteiger partial charge >= 0.3 is 0 Å². The molecule has 168 valence electrons. The summed E-state index contributed by atoms with van der Waals surface area (Å²) >= 11 is 0. The molecule has 3 heterocycles. The lowest BCUT2D eigenvalue weighted by atomic mass is 10.1. The lowest BCUT2D eigenvalue weighted by Crippen LogP contribution is -2.54. The van der Waals surface area contributed by atoms with Crippen molar-refractivity contribution in [3.8, 4) is 0 Å². The van der Waals surface area contributed by atoms with E-state index in [-0.39, 0.29) is 16.8 Å². The molecule has 8 heteroatoms. The van der Waals surface area contributed by atoms with Gasteiger partial charge in [0, 0.05) is 57.2 Å². The Labute approximate surface area is 185 Å². The summed E-state index contributed by atoms with van der Waals surface area (Å²) in [6.07, 6.45) is 1.78. The Morgan fingerprint density at radius 3 is 2.39 bits per heavy atom. The first-order chi connectivity index (χ1) is 14.7. The van der Waals surface area contributed by atoms with Crippen LogP contribution in [-0.4, -0.2) is 66.9 Å². The third-order valence-electron chi connectivity index (χ3n) is 6.64. The van der Waals surface area contributed by atoms with Crippen molar-refractivity contribution >= 4 is 21.6 Å². The van der Waals surface area contributed by atoms with Crippen molar-refractivity contribution in [3.63, 3.8) is 0 Å². The summed E-state index contributed by atoms with van der Waals surface area (Å²) < 4.78 is 29.4. The molecule has 0 spiro atoms. The molecule has 0 N–H and O–H groups in total. The molecule has 4 rings (SSSR count). The minimum Gasteiger partial charge on any atom is -0.365 e. The summed E-state index contributed by atoms with van der Waals surface area (Å²) in [6.45, 7) is 9.05. The predicted molar refractivity (Wildman–Crippen MR) is 122 cm³/mol. The van der Waals surface area contributed by atoms with E-state index in [1.165, 1.54) is 15.6 Å². The van der Waals surface area contributed by atoms with Crippen molar-refractivity contribution in [2.45, 2.75) is 44.6 Å². The number of sulfonamides is 1. The second kappa shape index (κ2) is 8.31. The summed E-state index contributed by atoms with van der Waals surface area (Å²) in [7, 11) is -1.79. The van der Waals surface area contributed by atoms with Gasteiger partial charge in [0.1, 0.15) is 10.6 Å². The van der Waals surface area contributed by atoms with Crippen LogP contribution in [0.4, 0.5) is 5.69 Å². The van der Waals surface area contributed by atoms with Gasteiger partial charge in [-0.05, 0) is 57.4 Å². The first-order valence-electron chi connectivity index (χ1n) is 11.0. The van der Waals surface area contributed by atoms with E-state index in [1.807, 2.05) is 4.90 Å². The van der Waals surface area contributed by atoms with E-state index in [1.54, 1.807) is 24.6 Å². The molecule has 2 aromatic rings. The molecule has 2 fully saturated rings. The fourth-order valence-corrected chi connectivity index (χ4v) is 6.49. The third kappa shape index (κ3) is 3.99. The fourth-order valence-electron chi connectivity index (χ4n) is 4.70. The van der Waals surface area contributed by atoms with Gasteiger partial charge in [-0.3, -0.25) is 4.79 Å². The number of aromatic nitrogens is 1. The molecule has 7 nitrogen and oxygen atoms in total. The predicted octanol–water partition coefficient (Wildman–Crippen LogP) is 2.78. The van der Waals surface area contributed by atoms with E-state index in [2.05, 4.69) is 43.0 Å². The van der Waals surface area contributed by atoms with Gasteiger partial charge < -0.3 is 14.4 Å². The van der Waals surface area contributed by atoms with Crippen LogP contribution in [0.5, 0.6) is 0 Å². The number of anilines is 1. The lowest BCUT2D eigenvalue weighted by Gasteiger charge is -2.41. The zero-order valence-corrected chi connectivity index (χ0v) is 19.7. The van der Waals surface area contributed by atoms with Crippen LogP contribution in [0, 0.1) is 13.8 Å². The Bertz CT molecular complexity index is 1090. The van der Waals surface area contributed by atoms with Crippen molar-refractivity contribution < 1.29 is 13.2 Å². The third-order valence-corrected chi connectivity index (χ3v) is 8.65.